The van der Waals surface area contributed by atoms with Crippen molar-refractivity contribution in [3.63, 3.8) is 0 Å². The predicted molar refractivity (Wildman–Crippen MR) is 220 cm³/mol. The first-order chi connectivity index (χ1) is 26.5. The summed E-state index contributed by atoms with van der Waals surface area (Å²) >= 11 is 8.94. The van der Waals surface area contributed by atoms with E-state index in [-0.39, 0.29) is 23.9 Å². The minimum Gasteiger partial charge on any atom is -0.348 e. The van der Waals surface area contributed by atoms with Gasteiger partial charge in [-0.15, -0.1) is 11.3 Å². The Morgan fingerprint density at radius 1 is 0.655 bits per heavy atom. The van der Waals surface area contributed by atoms with E-state index in [9.17, 15) is 9.59 Å². The molecule has 8 heterocycles. The molecule has 1 N–H and O–H groups in total. The van der Waals surface area contributed by atoms with Gasteiger partial charge in [-0.05, 0) is 90.7 Å². The van der Waals surface area contributed by atoms with Crippen LogP contribution >= 0.6 is 34.3 Å². The quantitative estimate of drug-likeness (QED) is 0.197. The van der Waals surface area contributed by atoms with Crippen molar-refractivity contribution >= 4 is 83.3 Å². The van der Waals surface area contributed by atoms with Crippen molar-refractivity contribution in [2.24, 2.45) is 0 Å². The van der Waals surface area contributed by atoms with Crippen LogP contribution in [0.5, 0.6) is 0 Å². The number of anilines is 3. The molecule has 10 rings (SSSR count). The number of piperidine rings is 2. The molecule has 0 spiro atoms. The van der Waals surface area contributed by atoms with Crippen molar-refractivity contribution in [2.45, 2.75) is 76.3 Å². The number of carbonyl (C=O) groups is 2. The monoisotopic (exact) mass is 794 g/mol. The molecular formula is C40H43ClN10O2S2. The Labute approximate surface area is 333 Å². The standard InChI is InChI=1S/C20H21N5OS.C13H18N4O.C7H4ClNS/c1-20(2)16-17(22-10-9-21-16)25(18(20)26)13-7-11-24(12-8-13)19-23-14-5-3-4-6-15(14)27-19;1-13(2)10-11(16-8-7-15-10)17(12(13)18)9-3-5-14-6-4-9;8-7-9-5-3-1-2-4-6(5)10-7/h3-6,9-10,13H,7-8,11-12H2,1-2H3;7-9,14H,3-6H2,1-2H3;1-4H. The van der Waals surface area contributed by atoms with Gasteiger partial charge >= 0.3 is 0 Å². The van der Waals surface area contributed by atoms with Crippen LogP contribution in [0.1, 0.15) is 64.8 Å². The molecule has 0 saturated carbocycles. The van der Waals surface area contributed by atoms with Crippen molar-refractivity contribution in [3.8, 4) is 0 Å². The highest BCUT2D eigenvalue weighted by Crippen LogP contribution is 2.42. The Morgan fingerprint density at radius 3 is 1.65 bits per heavy atom. The van der Waals surface area contributed by atoms with E-state index in [1.165, 1.54) is 16.0 Å². The number of para-hydroxylation sites is 2. The zero-order valence-corrected chi connectivity index (χ0v) is 33.7. The van der Waals surface area contributed by atoms with E-state index in [1.807, 2.05) is 67.8 Å². The van der Waals surface area contributed by atoms with Crippen LogP contribution in [0.25, 0.3) is 20.4 Å². The average Bonchev–Trinajstić information content (AvgIpc) is 3.92. The minimum absolute atomic E-state index is 0.113. The fourth-order valence-electron chi connectivity index (χ4n) is 7.79. The fourth-order valence-corrected chi connectivity index (χ4v) is 9.84. The normalized spacial score (nSPS) is 19.2. The molecule has 0 unspecified atom stereocenters. The van der Waals surface area contributed by atoms with Crippen molar-refractivity contribution < 1.29 is 9.59 Å². The van der Waals surface area contributed by atoms with Gasteiger partial charge in [-0.1, -0.05) is 47.2 Å². The molecule has 2 aromatic carbocycles. The zero-order valence-electron chi connectivity index (χ0n) is 31.3. The Kier molecular flexibility index (Phi) is 10.3. The Balaban J connectivity index is 0.000000130. The van der Waals surface area contributed by atoms with Gasteiger partial charge in [0, 0.05) is 50.0 Å². The summed E-state index contributed by atoms with van der Waals surface area (Å²) in [4.78, 5) is 58.4. The molecule has 2 amide bonds. The molecule has 0 bridgehead atoms. The molecule has 6 aromatic rings. The van der Waals surface area contributed by atoms with Gasteiger partial charge in [0.2, 0.25) is 11.8 Å². The second kappa shape index (κ2) is 15.1. The predicted octanol–water partition coefficient (Wildman–Crippen LogP) is 7.18. The lowest BCUT2D eigenvalue weighted by atomic mass is 9.90. The third kappa shape index (κ3) is 7.05. The van der Waals surface area contributed by atoms with Crippen LogP contribution in [-0.4, -0.2) is 80.0 Å². The number of thiazole rings is 2. The van der Waals surface area contributed by atoms with Crippen molar-refractivity contribution in [1.82, 2.24) is 35.2 Å². The minimum atomic E-state index is -0.603. The van der Waals surface area contributed by atoms with Gasteiger partial charge in [0.05, 0.1) is 42.7 Å². The summed E-state index contributed by atoms with van der Waals surface area (Å²) in [5, 5.41) is 4.40. The van der Waals surface area contributed by atoms with Gasteiger partial charge < -0.3 is 10.2 Å². The van der Waals surface area contributed by atoms with Crippen LogP contribution in [0.3, 0.4) is 0 Å². The van der Waals surface area contributed by atoms with E-state index in [2.05, 4.69) is 53.3 Å². The van der Waals surface area contributed by atoms with Crippen molar-refractivity contribution in [1.29, 1.82) is 0 Å². The molecule has 55 heavy (non-hydrogen) atoms. The van der Waals surface area contributed by atoms with Crippen LogP contribution < -0.4 is 20.0 Å². The highest BCUT2D eigenvalue weighted by molar-refractivity contribution is 7.22. The van der Waals surface area contributed by atoms with Gasteiger partial charge in [0.25, 0.3) is 0 Å². The highest BCUT2D eigenvalue weighted by atomic mass is 35.5. The van der Waals surface area contributed by atoms with E-state index in [4.69, 9.17) is 16.6 Å². The van der Waals surface area contributed by atoms with E-state index >= 15 is 0 Å². The van der Waals surface area contributed by atoms with Gasteiger partial charge in [0.1, 0.15) is 0 Å². The number of hydrogen-bond donors (Lipinski definition) is 1. The summed E-state index contributed by atoms with van der Waals surface area (Å²) < 4.78 is 2.98. The lowest BCUT2D eigenvalue weighted by Gasteiger charge is -2.36. The van der Waals surface area contributed by atoms with E-state index in [0.29, 0.717) is 4.47 Å². The first kappa shape index (κ1) is 37.3. The maximum absolute atomic E-state index is 13.1. The van der Waals surface area contributed by atoms with Gasteiger partial charge in [-0.2, -0.15) is 0 Å². The van der Waals surface area contributed by atoms with Crippen LogP contribution in [0.4, 0.5) is 16.8 Å². The summed E-state index contributed by atoms with van der Waals surface area (Å²) in [6.07, 6.45) is 10.5. The van der Waals surface area contributed by atoms with Crippen LogP contribution in [0, 0.1) is 0 Å². The Hall–Kier alpha value is -4.63. The summed E-state index contributed by atoms with van der Waals surface area (Å²) in [5.74, 6) is 1.75. The van der Waals surface area contributed by atoms with Crippen LogP contribution in [-0.2, 0) is 20.4 Å². The summed E-state index contributed by atoms with van der Waals surface area (Å²) in [5.41, 5.74) is 2.50. The maximum Gasteiger partial charge on any atom is 0.240 e. The van der Waals surface area contributed by atoms with Crippen LogP contribution in [0.2, 0.25) is 4.47 Å². The number of carbonyl (C=O) groups excluding carboxylic acids is 2. The van der Waals surface area contributed by atoms with E-state index in [0.717, 1.165) is 95.8 Å². The van der Waals surface area contributed by atoms with E-state index < -0.39 is 10.8 Å². The second-order valence-electron chi connectivity index (χ2n) is 15.2. The number of halogens is 1. The van der Waals surface area contributed by atoms with Crippen LogP contribution in [0.15, 0.2) is 73.3 Å². The number of amides is 2. The summed E-state index contributed by atoms with van der Waals surface area (Å²) in [7, 11) is 0. The molecule has 284 valence electrons. The van der Waals surface area contributed by atoms with Gasteiger partial charge in [-0.25, -0.2) is 19.9 Å². The molecule has 2 fully saturated rings. The molecule has 4 aliphatic heterocycles. The molecular weight excluding hydrogens is 752 g/mol. The van der Waals surface area contributed by atoms with E-state index in [1.54, 1.807) is 36.1 Å². The number of benzene rings is 2. The molecule has 15 heteroatoms. The third-order valence-electron chi connectivity index (χ3n) is 10.8. The number of rotatable bonds is 3. The van der Waals surface area contributed by atoms with Crippen molar-refractivity contribution in [3.05, 3.63) is 89.2 Å². The lowest BCUT2D eigenvalue weighted by Crippen LogP contribution is -2.49. The van der Waals surface area contributed by atoms with Gasteiger partial charge in [0.15, 0.2) is 21.2 Å². The number of nitrogens with one attached hydrogen (secondary N) is 1. The number of fused-ring (bicyclic) bond motifs is 4. The Bertz CT molecular complexity index is 2280. The number of hydrogen-bond acceptors (Lipinski definition) is 12. The molecule has 4 aliphatic rings. The summed E-state index contributed by atoms with van der Waals surface area (Å²) in [6.45, 7) is 11.5. The molecule has 4 aromatic heterocycles. The molecule has 0 atom stereocenters. The third-order valence-corrected chi connectivity index (χ3v) is 13.1. The first-order valence-corrected chi connectivity index (χ1v) is 20.7. The summed E-state index contributed by atoms with van der Waals surface area (Å²) in [6, 6.07) is 16.6. The topological polar surface area (TPSA) is 133 Å². The highest BCUT2D eigenvalue weighted by Gasteiger charge is 2.50. The maximum atomic E-state index is 13.1. The largest absolute Gasteiger partial charge is 0.348 e. The SMILES string of the molecule is CC1(C)C(=O)N(C2CCN(c3nc4ccccc4s3)CC2)c2nccnc21.CC1(C)C(=O)N(C2CCNCC2)c2nccnc21.Clc1nc2ccccc2s1. The molecule has 0 aliphatic carbocycles. The van der Waals surface area contributed by atoms with Crippen molar-refractivity contribution in [2.75, 3.05) is 40.9 Å². The first-order valence-electron chi connectivity index (χ1n) is 18.7. The smallest absolute Gasteiger partial charge is 0.240 e. The molecule has 12 nitrogen and oxygen atoms in total. The average molecular weight is 795 g/mol. The lowest BCUT2D eigenvalue weighted by molar-refractivity contribution is -0.123. The number of nitrogens with zero attached hydrogens (tertiary/aromatic N) is 9. The van der Waals surface area contributed by atoms with Gasteiger partial charge in [-0.3, -0.25) is 29.4 Å². The second-order valence-corrected chi connectivity index (χ2v) is 17.8. The Morgan fingerprint density at radius 2 is 1.13 bits per heavy atom. The molecule has 2 saturated heterocycles. The molecule has 0 radical (unpaired) electrons. The zero-order chi connectivity index (χ0) is 38.3. The fraction of sp³-hybridized carbons (Fsp3) is 0.400. The number of aromatic nitrogens is 6.